The molecule has 33 heavy (non-hydrogen) atoms. The lowest BCUT2D eigenvalue weighted by Crippen LogP contribution is -2.19. The Hall–Kier alpha value is -4.23. The van der Waals surface area contributed by atoms with Crippen molar-refractivity contribution in [1.82, 2.24) is 9.78 Å². The average molecular weight is 452 g/mol. The van der Waals surface area contributed by atoms with Gasteiger partial charge in [-0.1, -0.05) is 11.8 Å². The summed E-state index contributed by atoms with van der Waals surface area (Å²) >= 11 is 0. The molecular weight excluding hydrogens is 431 g/mol. The number of methoxy groups -OCH3 is 1. The topological polar surface area (TPSA) is 109 Å². The molecule has 0 aliphatic carbocycles. The van der Waals surface area contributed by atoms with Gasteiger partial charge in [-0.15, -0.1) is 0 Å². The van der Waals surface area contributed by atoms with Gasteiger partial charge in [0.1, 0.15) is 23.2 Å². The lowest BCUT2D eigenvalue weighted by Gasteiger charge is -2.15. The van der Waals surface area contributed by atoms with Gasteiger partial charge in [-0.25, -0.2) is 4.39 Å². The molecule has 0 aliphatic rings. The summed E-state index contributed by atoms with van der Waals surface area (Å²) in [6.07, 6.45) is 1.39. The molecule has 1 amide bonds. The van der Waals surface area contributed by atoms with Crippen molar-refractivity contribution in [3.05, 3.63) is 81.3 Å². The molecule has 0 spiro atoms. The van der Waals surface area contributed by atoms with Crippen LogP contribution in [-0.2, 0) is 11.8 Å². The zero-order valence-corrected chi connectivity index (χ0v) is 18.2. The summed E-state index contributed by atoms with van der Waals surface area (Å²) in [6, 6.07) is 9.45. The maximum absolute atomic E-state index is 13.4. The van der Waals surface area contributed by atoms with Crippen LogP contribution in [0, 0.1) is 27.8 Å². The fourth-order valence-corrected chi connectivity index (χ4v) is 2.94. The van der Waals surface area contributed by atoms with E-state index in [0.29, 0.717) is 23.7 Å². The van der Waals surface area contributed by atoms with Crippen molar-refractivity contribution < 1.29 is 23.6 Å². The van der Waals surface area contributed by atoms with Gasteiger partial charge in [0.05, 0.1) is 17.6 Å². The van der Waals surface area contributed by atoms with E-state index in [1.807, 2.05) is 0 Å². The van der Waals surface area contributed by atoms with Gasteiger partial charge >= 0.3 is 0 Å². The van der Waals surface area contributed by atoms with Crippen molar-refractivity contribution in [2.24, 2.45) is 7.05 Å². The Morgan fingerprint density at radius 1 is 1.27 bits per heavy atom. The third-order valence-electron chi connectivity index (χ3n) is 4.36. The van der Waals surface area contributed by atoms with Crippen LogP contribution in [0.5, 0.6) is 5.75 Å². The van der Waals surface area contributed by atoms with Crippen LogP contribution in [0.1, 0.15) is 28.4 Å². The first kappa shape index (κ1) is 23.4. The molecule has 1 atom stereocenters. The summed E-state index contributed by atoms with van der Waals surface area (Å²) in [5, 5.41) is 18.0. The van der Waals surface area contributed by atoms with E-state index < -0.39 is 22.3 Å². The van der Waals surface area contributed by atoms with E-state index in [4.69, 9.17) is 9.47 Å². The quantitative estimate of drug-likeness (QED) is 0.334. The molecule has 0 fully saturated rings. The number of aryl methyl sites for hydroxylation is 1. The van der Waals surface area contributed by atoms with Crippen molar-refractivity contribution in [2.45, 2.75) is 13.0 Å². The lowest BCUT2D eigenvalue weighted by atomic mass is 10.1. The lowest BCUT2D eigenvalue weighted by molar-refractivity contribution is -0.385. The number of ether oxygens (including phenoxy) is 2. The van der Waals surface area contributed by atoms with E-state index in [0.717, 1.165) is 12.1 Å². The number of rotatable bonds is 7. The molecule has 0 radical (unpaired) electrons. The third kappa shape index (κ3) is 6.38. The summed E-state index contributed by atoms with van der Waals surface area (Å²) in [4.78, 5) is 23.3. The first-order chi connectivity index (χ1) is 15.7. The van der Waals surface area contributed by atoms with Crippen molar-refractivity contribution in [2.75, 3.05) is 19.0 Å². The van der Waals surface area contributed by atoms with E-state index in [1.165, 1.54) is 12.1 Å². The van der Waals surface area contributed by atoms with Crippen LogP contribution in [0.15, 0.2) is 48.7 Å². The highest BCUT2D eigenvalue weighted by Gasteiger charge is 2.15. The fourth-order valence-electron chi connectivity index (χ4n) is 2.94. The Balaban J connectivity index is 1.97. The summed E-state index contributed by atoms with van der Waals surface area (Å²) in [5.41, 5.74) is 0.222. The highest BCUT2D eigenvalue weighted by atomic mass is 19.1. The molecule has 1 aromatic heterocycles. The molecule has 170 valence electrons. The van der Waals surface area contributed by atoms with E-state index in [1.54, 1.807) is 50.2 Å². The number of hydrogen-bond donors (Lipinski definition) is 1. The van der Waals surface area contributed by atoms with Gasteiger partial charge < -0.3 is 14.8 Å². The van der Waals surface area contributed by atoms with Gasteiger partial charge in [-0.05, 0) is 37.3 Å². The number of halogens is 1. The third-order valence-corrected chi connectivity index (χ3v) is 4.36. The highest BCUT2D eigenvalue weighted by molar-refractivity contribution is 6.04. The van der Waals surface area contributed by atoms with Gasteiger partial charge in [0.15, 0.2) is 5.82 Å². The van der Waals surface area contributed by atoms with Crippen LogP contribution >= 0.6 is 0 Å². The van der Waals surface area contributed by atoms with Gasteiger partial charge in [0.2, 0.25) is 0 Å². The minimum Gasteiger partial charge on any atom is -0.488 e. The van der Waals surface area contributed by atoms with Crippen LogP contribution < -0.4 is 10.1 Å². The molecule has 0 aliphatic heterocycles. The molecular formula is C23H21FN4O5. The van der Waals surface area contributed by atoms with Crippen molar-refractivity contribution in [3.8, 4) is 17.6 Å². The van der Waals surface area contributed by atoms with Crippen LogP contribution in [0.3, 0.4) is 0 Å². The first-order valence-corrected chi connectivity index (χ1v) is 9.83. The molecule has 10 heteroatoms. The molecule has 0 saturated carbocycles. The smallest absolute Gasteiger partial charge is 0.287 e. The molecule has 9 nitrogen and oxygen atoms in total. The Kier molecular flexibility index (Phi) is 7.38. The minimum atomic E-state index is -0.733. The molecule has 1 heterocycles. The van der Waals surface area contributed by atoms with Gasteiger partial charge in [0, 0.05) is 37.5 Å². The van der Waals surface area contributed by atoms with Gasteiger partial charge in [0.25, 0.3) is 11.6 Å². The second kappa shape index (κ2) is 10.4. The number of aromatic nitrogens is 2. The molecule has 3 aromatic rings. The van der Waals surface area contributed by atoms with Crippen LogP contribution in [0.4, 0.5) is 15.9 Å². The Morgan fingerprint density at radius 2 is 2.06 bits per heavy atom. The van der Waals surface area contributed by atoms with Crippen molar-refractivity contribution in [1.29, 1.82) is 0 Å². The van der Waals surface area contributed by atoms with Crippen molar-refractivity contribution >= 4 is 17.4 Å². The zero-order chi connectivity index (χ0) is 24.0. The van der Waals surface area contributed by atoms with E-state index in [-0.39, 0.29) is 17.2 Å². The number of anilines is 1. The summed E-state index contributed by atoms with van der Waals surface area (Å²) in [6.45, 7) is 2.13. The Bertz CT molecular complexity index is 1250. The molecule has 3 rings (SSSR count). The number of nitrogens with one attached hydrogen (secondary N) is 1. The number of benzene rings is 2. The number of nitro groups is 1. The molecule has 0 unspecified atom stereocenters. The van der Waals surface area contributed by atoms with E-state index in [2.05, 4.69) is 22.3 Å². The summed E-state index contributed by atoms with van der Waals surface area (Å²) in [7, 11) is 3.27. The second-order valence-electron chi connectivity index (χ2n) is 7.13. The Labute approximate surface area is 189 Å². The predicted octanol–water partition coefficient (Wildman–Crippen LogP) is 3.53. The molecule has 0 bridgehead atoms. The van der Waals surface area contributed by atoms with Gasteiger partial charge in [-0.3, -0.25) is 19.6 Å². The highest BCUT2D eigenvalue weighted by Crippen LogP contribution is 2.21. The van der Waals surface area contributed by atoms with E-state index >= 15 is 0 Å². The average Bonchev–Trinajstić information content (AvgIpc) is 3.17. The monoisotopic (exact) mass is 452 g/mol. The minimum absolute atomic E-state index is 0.0416. The number of hydrogen-bond acceptors (Lipinski definition) is 6. The second-order valence-corrected chi connectivity index (χ2v) is 7.13. The van der Waals surface area contributed by atoms with Crippen LogP contribution in [0.25, 0.3) is 0 Å². The van der Waals surface area contributed by atoms with Gasteiger partial charge in [-0.2, -0.15) is 5.10 Å². The number of nitro benzene ring substituents is 1. The normalized spacial score (nSPS) is 11.3. The molecule has 1 N–H and O–H groups in total. The van der Waals surface area contributed by atoms with Crippen LogP contribution in [-0.4, -0.2) is 40.4 Å². The maximum Gasteiger partial charge on any atom is 0.287 e. The molecule has 0 saturated heterocycles. The largest absolute Gasteiger partial charge is 0.488 e. The number of nitrogens with zero attached hydrogens (tertiary/aromatic N) is 3. The van der Waals surface area contributed by atoms with Crippen LogP contribution in [0.2, 0.25) is 0 Å². The standard InChI is InChI=1S/C23H21FN4O5/c1-15(14-32-3)33-20-11-16(4-5-17-6-7-19(24)13-21(17)28(30)31)10-18(12-20)23(29)25-22-8-9-27(2)26-22/h6-13,15H,14H2,1-3H3,(H,25,26,29)/t15-/m0/s1. The Morgan fingerprint density at radius 3 is 2.73 bits per heavy atom. The first-order valence-electron chi connectivity index (χ1n) is 9.83. The SMILES string of the molecule is COC[C@H](C)Oc1cc(C#Cc2ccc(F)cc2[N+](=O)[O-])cc(C(=O)Nc2ccn(C)n2)c1. The fraction of sp³-hybridized carbons (Fsp3) is 0.217. The predicted molar refractivity (Wildman–Crippen MR) is 119 cm³/mol. The zero-order valence-electron chi connectivity index (χ0n) is 18.2. The number of carbonyl (C=O) groups excluding carboxylic acids is 1. The number of carbonyl (C=O) groups is 1. The summed E-state index contributed by atoms with van der Waals surface area (Å²) < 4.78 is 25.8. The molecule has 2 aromatic carbocycles. The van der Waals surface area contributed by atoms with Crippen molar-refractivity contribution in [3.63, 3.8) is 0 Å². The number of amides is 1. The summed E-state index contributed by atoms with van der Waals surface area (Å²) in [5.74, 6) is 5.04. The maximum atomic E-state index is 13.4. The van der Waals surface area contributed by atoms with E-state index in [9.17, 15) is 19.3 Å².